The minimum Gasteiger partial charge on any atom is -0.378 e. The van der Waals surface area contributed by atoms with E-state index in [2.05, 4.69) is 15.6 Å². The standard InChI is InChI=1S/C15H23N3O2/c19-15(18-12-13-6-9-16-10-7-13)17-8-3-5-14-4-1-2-11-20-14/h6-7,9-10,14H,1-5,8,11-12H2,(H2,17,18,19)/t14-/m1/s1. The van der Waals surface area contributed by atoms with Gasteiger partial charge in [-0.3, -0.25) is 4.98 Å². The van der Waals surface area contributed by atoms with Gasteiger partial charge in [-0.2, -0.15) is 0 Å². The number of nitrogens with one attached hydrogen (secondary N) is 2. The molecule has 0 saturated carbocycles. The molecule has 0 unspecified atom stereocenters. The average molecular weight is 277 g/mol. The van der Waals surface area contributed by atoms with Crippen molar-refractivity contribution < 1.29 is 9.53 Å². The fourth-order valence-electron chi connectivity index (χ4n) is 2.31. The second-order valence-electron chi connectivity index (χ2n) is 5.10. The van der Waals surface area contributed by atoms with Gasteiger partial charge in [0.05, 0.1) is 6.10 Å². The molecule has 5 nitrogen and oxygen atoms in total. The van der Waals surface area contributed by atoms with E-state index in [1.165, 1.54) is 12.8 Å². The summed E-state index contributed by atoms with van der Waals surface area (Å²) in [5.74, 6) is 0. The lowest BCUT2D eigenvalue weighted by atomic mass is 10.0. The number of hydrogen-bond acceptors (Lipinski definition) is 3. The topological polar surface area (TPSA) is 63.2 Å². The van der Waals surface area contributed by atoms with Gasteiger partial charge in [0.2, 0.25) is 0 Å². The first kappa shape index (κ1) is 14.8. The fourth-order valence-corrected chi connectivity index (χ4v) is 2.31. The molecule has 1 atom stereocenters. The van der Waals surface area contributed by atoms with Crippen LogP contribution in [0.15, 0.2) is 24.5 Å². The monoisotopic (exact) mass is 277 g/mol. The summed E-state index contributed by atoms with van der Waals surface area (Å²) in [5, 5.41) is 5.70. The van der Waals surface area contributed by atoms with E-state index in [0.29, 0.717) is 19.2 Å². The van der Waals surface area contributed by atoms with Crippen LogP contribution in [0.1, 0.15) is 37.7 Å². The minimum absolute atomic E-state index is 0.119. The zero-order valence-corrected chi connectivity index (χ0v) is 11.8. The van der Waals surface area contributed by atoms with Gasteiger partial charge in [-0.05, 0) is 49.8 Å². The van der Waals surface area contributed by atoms with Crippen molar-refractivity contribution in [2.75, 3.05) is 13.2 Å². The first-order valence-electron chi connectivity index (χ1n) is 7.37. The van der Waals surface area contributed by atoms with Crippen LogP contribution in [0.3, 0.4) is 0 Å². The highest BCUT2D eigenvalue weighted by Gasteiger charge is 2.12. The Bertz CT molecular complexity index is 391. The van der Waals surface area contributed by atoms with Gasteiger partial charge in [-0.1, -0.05) is 0 Å². The van der Waals surface area contributed by atoms with Gasteiger partial charge < -0.3 is 15.4 Å². The van der Waals surface area contributed by atoms with Crippen molar-refractivity contribution in [1.29, 1.82) is 0 Å². The van der Waals surface area contributed by atoms with E-state index in [-0.39, 0.29) is 6.03 Å². The third-order valence-corrected chi connectivity index (χ3v) is 3.46. The predicted octanol–water partition coefficient (Wildman–Crippen LogP) is 2.23. The molecule has 110 valence electrons. The zero-order chi connectivity index (χ0) is 14.0. The van der Waals surface area contributed by atoms with Crippen LogP contribution >= 0.6 is 0 Å². The van der Waals surface area contributed by atoms with Crippen molar-refractivity contribution in [3.05, 3.63) is 30.1 Å². The molecule has 0 radical (unpaired) electrons. The van der Waals surface area contributed by atoms with Gasteiger partial charge in [0.25, 0.3) is 0 Å². The van der Waals surface area contributed by atoms with E-state index in [1.807, 2.05) is 12.1 Å². The van der Waals surface area contributed by atoms with Gasteiger partial charge in [-0.25, -0.2) is 4.79 Å². The van der Waals surface area contributed by atoms with Crippen molar-refractivity contribution >= 4 is 6.03 Å². The Labute approximate surface area is 120 Å². The number of carbonyl (C=O) groups excluding carboxylic acids is 1. The molecule has 2 heterocycles. The third-order valence-electron chi connectivity index (χ3n) is 3.46. The first-order chi connectivity index (χ1) is 9.84. The number of amides is 2. The van der Waals surface area contributed by atoms with Gasteiger partial charge >= 0.3 is 6.03 Å². The van der Waals surface area contributed by atoms with E-state index >= 15 is 0 Å². The maximum atomic E-state index is 11.6. The summed E-state index contributed by atoms with van der Waals surface area (Å²) in [6, 6.07) is 3.66. The maximum absolute atomic E-state index is 11.6. The molecule has 2 amide bonds. The lowest BCUT2D eigenvalue weighted by Crippen LogP contribution is -2.35. The average Bonchev–Trinajstić information content (AvgIpc) is 2.52. The van der Waals surface area contributed by atoms with Crippen molar-refractivity contribution in [3.8, 4) is 0 Å². The molecule has 0 aromatic carbocycles. The highest BCUT2D eigenvalue weighted by atomic mass is 16.5. The van der Waals surface area contributed by atoms with E-state index in [0.717, 1.165) is 31.4 Å². The normalized spacial score (nSPS) is 18.5. The number of nitrogens with zero attached hydrogens (tertiary/aromatic N) is 1. The van der Waals surface area contributed by atoms with Crippen molar-refractivity contribution in [1.82, 2.24) is 15.6 Å². The molecule has 1 aliphatic heterocycles. The lowest BCUT2D eigenvalue weighted by molar-refractivity contribution is 0.0103. The van der Waals surface area contributed by atoms with Crippen LogP contribution in [-0.4, -0.2) is 30.3 Å². The summed E-state index contributed by atoms with van der Waals surface area (Å²) in [6.07, 6.45) is 9.45. The summed E-state index contributed by atoms with van der Waals surface area (Å²) in [5.41, 5.74) is 1.05. The highest BCUT2D eigenvalue weighted by Crippen LogP contribution is 2.16. The zero-order valence-electron chi connectivity index (χ0n) is 11.8. The molecule has 1 aromatic rings. The number of rotatable bonds is 6. The van der Waals surface area contributed by atoms with Crippen molar-refractivity contribution in [3.63, 3.8) is 0 Å². The molecule has 1 aliphatic rings. The Balaban J connectivity index is 1.51. The predicted molar refractivity (Wildman–Crippen MR) is 77.3 cm³/mol. The molecular formula is C15H23N3O2. The van der Waals surface area contributed by atoms with Crippen LogP contribution in [0.2, 0.25) is 0 Å². The molecule has 2 rings (SSSR count). The number of carbonyl (C=O) groups is 1. The number of ether oxygens (including phenoxy) is 1. The Morgan fingerprint density at radius 3 is 2.90 bits per heavy atom. The first-order valence-corrected chi connectivity index (χ1v) is 7.37. The van der Waals surface area contributed by atoms with Crippen molar-refractivity contribution in [2.45, 2.75) is 44.8 Å². The Morgan fingerprint density at radius 1 is 1.30 bits per heavy atom. The van der Waals surface area contributed by atoms with Crippen LogP contribution in [0.4, 0.5) is 4.79 Å². The Hall–Kier alpha value is -1.62. The molecule has 1 saturated heterocycles. The van der Waals surface area contributed by atoms with Crippen LogP contribution in [0.25, 0.3) is 0 Å². The van der Waals surface area contributed by atoms with Gasteiger partial charge in [0, 0.05) is 32.1 Å². The number of urea groups is 1. The quantitative estimate of drug-likeness (QED) is 0.784. The lowest BCUT2D eigenvalue weighted by Gasteiger charge is -2.22. The summed E-state index contributed by atoms with van der Waals surface area (Å²) >= 11 is 0. The Morgan fingerprint density at radius 2 is 2.15 bits per heavy atom. The van der Waals surface area contributed by atoms with Gasteiger partial charge in [-0.15, -0.1) is 0 Å². The SMILES string of the molecule is O=C(NCCC[C@H]1CCCCO1)NCc1ccncc1. The van der Waals surface area contributed by atoms with E-state index < -0.39 is 0 Å². The third kappa shape index (κ3) is 5.57. The largest absolute Gasteiger partial charge is 0.378 e. The van der Waals surface area contributed by atoms with Gasteiger partial charge in [0.15, 0.2) is 0 Å². The number of pyridine rings is 1. The molecular weight excluding hydrogens is 254 g/mol. The van der Waals surface area contributed by atoms with Crippen LogP contribution in [-0.2, 0) is 11.3 Å². The summed E-state index contributed by atoms with van der Waals surface area (Å²) in [4.78, 5) is 15.5. The van der Waals surface area contributed by atoms with E-state index in [1.54, 1.807) is 12.4 Å². The summed E-state index contributed by atoms with van der Waals surface area (Å²) < 4.78 is 5.66. The summed E-state index contributed by atoms with van der Waals surface area (Å²) in [6.45, 7) is 2.12. The second kappa shape index (κ2) is 8.53. The molecule has 0 spiro atoms. The molecule has 20 heavy (non-hydrogen) atoms. The van der Waals surface area contributed by atoms with Crippen LogP contribution in [0.5, 0.6) is 0 Å². The van der Waals surface area contributed by atoms with Crippen LogP contribution in [0, 0.1) is 0 Å². The molecule has 0 bridgehead atoms. The second-order valence-corrected chi connectivity index (χ2v) is 5.10. The smallest absolute Gasteiger partial charge is 0.315 e. The van der Waals surface area contributed by atoms with Crippen molar-refractivity contribution in [2.24, 2.45) is 0 Å². The minimum atomic E-state index is -0.119. The van der Waals surface area contributed by atoms with Crippen LogP contribution < -0.4 is 10.6 Å². The fraction of sp³-hybridized carbons (Fsp3) is 0.600. The summed E-state index contributed by atoms with van der Waals surface area (Å²) in [7, 11) is 0. The van der Waals surface area contributed by atoms with E-state index in [9.17, 15) is 4.79 Å². The Kier molecular flexibility index (Phi) is 6.31. The highest BCUT2D eigenvalue weighted by molar-refractivity contribution is 5.73. The van der Waals surface area contributed by atoms with Gasteiger partial charge in [0.1, 0.15) is 0 Å². The molecule has 2 N–H and O–H groups in total. The molecule has 0 aliphatic carbocycles. The molecule has 1 aromatic heterocycles. The number of hydrogen-bond donors (Lipinski definition) is 2. The number of aromatic nitrogens is 1. The maximum Gasteiger partial charge on any atom is 0.315 e. The molecule has 1 fully saturated rings. The van der Waals surface area contributed by atoms with E-state index in [4.69, 9.17) is 4.74 Å². The molecule has 5 heteroatoms.